The van der Waals surface area contributed by atoms with E-state index in [1.54, 1.807) is 7.11 Å². The zero-order valence-electron chi connectivity index (χ0n) is 8.32. The van der Waals surface area contributed by atoms with Crippen LogP contribution in [0.2, 0.25) is 0 Å². The molecule has 2 atom stereocenters. The van der Waals surface area contributed by atoms with Gasteiger partial charge in [0.15, 0.2) is 0 Å². The average Bonchev–Trinajstić information content (AvgIpc) is 2.60. The van der Waals surface area contributed by atoms with Crippen molar-refractivity contribution in [3.05, 3.63) is 0 Å². The van der Waals surface area contributed by atoms with Gasteiger partial charge in [-0.2, -0.15) is 0 Å². The van der Waals surface area contributed by atoms with Crippen LogP contribution in [-0.4, -0.2) is 42.5 Å². The molecule has 2 amide bonds. The fraction of sp³-hybridized carbons (Fsp3) is 0.750. The summed E-state index contributed by atoms with van der Waals surface area (Å²) in [5, 5.41) is 0. The third-order valence-electron chi connectivity index (χ3n) is 2.45. The van der Waals surface area contributed by atoms with Gasteiger partial charge in [0.25, 0.3) is 5.91 Å². The molecule has 1 saturated heterocycles. The first-order valence-corrected chi connectivity index (χ1v) is 4.40. The molecule has 80 valence electrons. The molecule has 6 heteroatoms. The van der Waals surface area contributed by atoms with Crippen molar-refractivity contribution in [3.8, 4) is 0 Å². The molecule has 0 aromatic heterocycles. The summed E-state index contributed by atoms with van der Waals surface area (Å²) in [4.78, 5) is 24.0. The van der Waals surface area contributed by atoms with E-state index in [-0.39, 0.29) is 17.9 Å². The largest absolute Gasteiger partial charge is 0.380 e. The lowest BCUT2D eigenvalue weighted by molar-refractivity contribution is -0.136. The number of hydrazine groups is 1. The average molecular weight is 201 g/mol. The normalized spacial score (nSPS) is 26.4. The predicted molar refractivity (Wildman–Crippen MR) is 48.9 cm³/mol. The lowest BCUT2D eigenvalue weighted by atomic mass is 10.2. The number of nitrogens with one attached hydrogen (secondary N) is 1. The maximum atomic E-state index is 11.3. The van der Waals surface area contributed by atoms with Crippen molar-refractivity contribution in [1.29, 1.82) is 0 Å². The highest BCUT2D eigenvalue weighted by Crippen LogP contribution is 2.19. The Labute approximate surface area is 82.3 Å². The molecule has 1 aliphatic rings. The van der Waals surface area contributed by atoms with E-state index in [0.717, 1.165) is 0 Å². The van der Waals surface area contributed by atoms with Gasteiger partial charge in [-0.05, 0) is 0 Å². The Morgan fingerprint density at radius 3 is 2.64 bits per heavy atom. The van der Waals surface area contributed by atoms with Crippen LogP contribution in [-0.2, 0) is 14.3 Å². The topological polar surface area (TPSA) is 84.7 Å². The van der Waals surface area contributed by atoms with Crippen LogP contribution in [0, 0.1) is 0 Å². The third kappa shape index (κ3) is 2.02. The summed E-state index contributed by atoms with van der Waals surface area (Å²) >= 11 is 0. The van der Waals surface area contributed by atoms with E-state index in [1.807, 2.05) is 5.43 Å². The van der Waals surface area contributed by atoms with Gasteiger partial charge < -0.3 is 9.64 Å². The van der Waals surface area contributed by atoms with Crippen LogP contribution >= 0.6 is 0 Å². The van der Waals surface area contributed by atoms with E-state index >= 15 is 0 Å². The number of methoxy groups -OCH3 is 1. The van der Waals surface area contributed by atoms with E-state index in [4.69, 9.17) is 10.6 Å². The Hall–Kier alpha value is -1.14. The van der Waals surface area contributed by atoms with Gasteiger partial charge in [0.05, 0.1) is 6.10 Å². The summed E-state index contributed by atoms with van der Waals surface area (Å²) in [7, 11) is 1.56. The van der Waals surface area contributed by atoms with Crippen molar-refractivity contribution in [2.45, 2.75) is 25.5 Å². The van der Waals surface area contributed by atoms with Gasteiger partial charge in [0, 0.05) is 27.0 Å². The zero-order valence-corrected chi connectivity index (χ0v) is 8.32. The van der Waals surface area contributed by atoms with Crippen molar-refractivity contribution in [2.75, 3.05) is 13.7 Å². The molecule has 0 bridgehead atoms. The first kappa shape index (κ1) is 10.9. The number of ether oxygens (including phenoxy) is 1. The van der Waals surface area contributed by atoms with Crippen LogP contribution in [0.3, 0.4) is 0 Å². The molecule has 3 N–H and O–H groups in total. The van der Waals surface area contributed by atoms with Crippen LogP contribution in [0.1, 0.15) is 13.3 Å². The summed E-state index contributed by atoms with van der Waals surface area (Å²) < 4.78 is 5.10. The van der Waals surface area contributed by atoms with Gasteiger partial charge in [-0.1, -0.05) is 0 Å². The molecule has 1 rings (SSSR count). The Balaban J connectivity index is 2.71. The van der Waals surface area contributed by atoms with Crippen LogP contribution < -0.4 is 11.3 Å². The van der Waals surface area contributed by atoms with E-state index in [1.165, 1.54) is 11.8 Å². The van der Waals surface area contributed by atoms with Crippen molar-refractivity contribution in [3.63, 3.8) is 0 Å². The van der Waals surface area contributed by atoms with Crippen molar-refractivity contribution in [2.24, 2.45) is 5.84 Å². The number of nitrogens with two attached hydrogens (primary N) is 1. The number of amides is 2. The second kappa shape index (κ2) is 4.39. The fourth-order valence-corrected chi connectivity index (χ4v) is 1.66. The summed E-state index contributed by atoms with van der Waals surface area (Å²) in [6.07, 6.45) is 0.417. The quantitative estimate of drug-likeness (QED) is 0.327. The summed E-state index contributed by atoms with van der Waals surface area (Å²) in [5.41, 5.74) is 2.05. The highest BCUT2D eigenvalue weighted by atomic mass is 16.5. The van der Waals surface area contributed by atoms with Crippen LogP contribution in [0.25, 0.3) is 0 Å². The molecule has 0 aliphatic carbocycles. The lowest BCUT2D eigenvalue weighted by Gasteiger charge is -2.20. The molecule has 1 heterocycles. The molecule has 14 heavy (non-hydrogen) atoms. The molecule has 0 aromatic carbocycles. The maximum Gasteiger partial charge on any atom is 0.256 e. The molecule has 6 nitrogen and oxygen atoms in total. The molecule has 1 fully saturated rings. The van der Waals surface area contributed by atoms with Gasteiger partial charge in [0.2, 0.25) is 5.91 Å². The number of likely N-dealkylation sites (tertiary alicyclic amines) is 1. The monoisotopic (exact) mass is 201 g/mol. The van der Waals surface area contributed by atoms with Gasteiger partial charge in [-0.25, -0.2) is 5.84 Å². The number of rotatable bonds is 2. The molecular formula is C8H15N3O3. The zero-order chi connectivity index (χ0) is 10.7. The van der Waals surface area contributed by atoms with E-state index in [9.17, 15) is 9.59 Å². The van der Waals surface area contributed by atoms with Crippen molar-refractivity contribution in [1.82, 2.24) is 10.3 Å². The standard InChI is InChI=1S/C8H15N3O3/c1-5(12)11-4-6(14-2)3-7(11)8(13)10-9/h6-7H,3-4,9H2,1-2H3,(H,10,13)/t6-,7-/m1/s1. The number of hydrogen-bond donors (Lipinski definition) is 2. The Morgan fingerprint density at radius 2 is 2.21 bits per heavy atom. The van der Waals surface area contributed by atoms with Gasteiger partial charge in [-0.15, -0.1) is 0 Å². The van der Waals surface area contributed by atoms with E-state index < -0.39 is 6.04 Å². The van der Waals surface area contributed by atoms with Gasteiger partial charge >= 0.3 is 0 Å². The fourth-order valence-electron chi connectivity index (χ4n) is 1.66. The smallest absolute Gasteiger partial charge is 0.256 e. The molecule has 0 spiro atoms. The number of carbonyl (C=O) groups is 2. The highest BCUT2D eigenvalue weighted by Gasteiger charge is 2.37. The molecule has 0 radical (unpaired) electrons. The second-order valence-electron chi connectivity index (χ2n) is 3.29. The predicted octanol–water partition coefficient (Wildman–Crippen LogP) is -1.39. The van der Waals surface area contributed by atoms with E-state index in [2.05, 4.69) is 0 Å². The SMILES string of the molecule is CO[C@@H]1C[C@H](C(=O)NN)N(C(C)=O)C1. The first-order valence-electron chi connectivity index (χ1n) is 4.40. The summed E-state index contributed by atoms with van der Waals surface area (Å²) in [5.74, 6) is 4.53. The number of nitrogens with zero attached hydrogens (tertiary/aromatic N) is 1. The minimum Gasteiger partial charge on any atom is -0.380 e. The Bertz CT molecular complexity index is 244. The van der Waals surface area contributed by atoms with Crippen LogP contribution in [0.15, 0.2) is 0 Å². The lowest BCUT2D eigenvalue weighted by Crippen LogP contribution is -2.47. The molecule has 0 saturated carbocycles. The Kier molecular flexibility index (Phi) is 3.43. The number of carbonyl (C=O) groups excluding carboxylic acids is 2. The molecule has 0 unspecified atom stereocenters. The maximum absolute atomic E-state index is 11.3. The second-order valence-corrected chi connectivity index (χ2v) is 3.29. The summed E-state index contributed by atoms with van der Waals surface area (Å²) in [6, 6.07) is -0.498. The molecule has 1 aliphatic heterocycles. The van der Waals surface area contributed by atoms with E-state index in [0.29, 0.717) is 13.0 Å². The molecule has 0 aromatic rings. The van der Waals surface area contributed by atoms with Crippen LogP contribution in [0.5, 0.6) is 0 Å². The van der Waals surface area contributed by atoms with Crippen LogP contribution in [0.4, 0.5) is 0 Å². The van der Waals surface area contributed by atoms with Crippen molar-refractivity contribution >= 4 is 11.8 Å². The van der Waals surface area contributed by atoms with Gasteiger partial charge in [-0.3, -0.25) is 15.0 Å². The number of hydrogen-bond acceptors (Lipinski definition) is 4. The first-order chi connectivity index (χ1) is 6.60. The highest BCUT2D eigenvalue weighted by molar-refractivity contribution is 5.87. The summed E-state index contributed by atoms with van der Waals surface area (Å²) in [6.45, 7) is 1.87. The Morgan fingerprint density at radius 1 is 1.57 bits per heavy atom. The third-order valence-corrected chi connectivity index (χ3v) is 2.45. The minimum absolute atomic E-state index is 0.0822. The minimum atomic E-state index is -0.498. The van der Waals surface area contributed by atoms with Gasteiger partial charge in [0.1, 0.15) is 6.04 Å². The molecular weight excluding hydrogens is 186 g/mol. The van der Waals surface area contributed by atoms with Crippen molar-refractivity contribution < 1.29 is 14.3 Å².